The predicted octanol–water partition coefficient (Wildman–Crippen LogP) is 0.702. The molecule has 2 aliphatic heterocycles. The lowest BCUT2D eigenvalue weighted by Gasteiger charge is -2.28. The van der Waals surface area contributed by atoms with Gasteiger partial charge in [-0.15, -0.1) is 0 Å². The van der Waals surface area contributed by atoms with E-state index < -0.39 is 0 Å². The normalized spacial score (nSPS) is 36.9. The molecule has 0 aromatic heterocycles. The van der Waals surface area contributed by atoms with Crippen LogP contribution in [-0.4, -0.2) is 59.6 Å². The number of likely N-dealkylation sites (tertiary alicyclic amines) is 2. The Kier molecular flexibility index (Phi) is 3.57. The first kappa shape index (κ1) is 12.4. The number of carbonyl (C=O) groups excluding carboxylic acids is 1. The minimum absolute atomic E-state index is 0.120. The number of aliphatic hydroxyl groups is 1. The number of rotatable bonds is 2. The van der Waals surface area contributed by atoms with Gasteiger partial charge in [0.2, 0.25) is 5.91 Å². The average Bonchev–Trinajstić information content (AvgIpc) is 2.93. The summed E-state index contributed by atoms with van der Waals surface area (Å²) in [7, 11) is 0. The molecule has 3 rings (SSSR count). The predicted molar refractivity (Wildman–Crippen MR) is 69.1 cm³/mol. The van der Waals surface area contributed by atoms with E-state index in [1.165, 1.54) is 6.42 Å². The third-order valence-corrected chi connectivity index (χ3v) is 4.96. The fourth-order valence-electron chi connectivity index (χ4n) is 3.89. The molecule has 3 unspecified atom stereocenters. The molecule has 3 fully saturated rings. The summed E-state index contributed by atoms with van der Waals surface area (Å²) in [6.07, 6.45) is 5.57. The Balaban J connectivity index is 1.50. The van der Waals surface area contributed by atoms with Gasteiger partial charge in [-0.05, 0) is 38.0 Å². The van der Waals surface area contributed by atoms with Gasteiger partial charge in [0, 0.05) is 32.1 Å². The number of aliphatic hydroxyl groups excluding tert-OH is 1. The molecular formula is C14H24N2O2. The molecule has 18 heavy (non-hydrogen) atoms. The highest BCUT2D eigenvalue weighted by Gasteiger charge is 2.42. The van der Waals surface area contributed by atoms with E-state index in [2.05, 4.69) is 4.90 Å². The summed E-state index contributed by atoms with van der Waals surface area (Å²) >= 11 is 0. The maximum atomic E-state index is 12.2. The number of carbonyl (C=O) groups is 1. The summed E-state index contributed by atoms with van der Waals surface area (Å²) in [5, 5.41) is 9.88. The summed E-state index contributed by atoms with van der Waals surface area (Å²) < 4.78 is 0. The average molecular weight is 252 g/mol. The molecule has 0 bridgehead atoms. The van der Waals surface area contributed by atoms with Gasteiger partial charge < -0.3 is 10.0 Å². The summed E-state index contributed by atoms with van der Waals surface area (Å²) in [5.74, 6) is 1.36. The molecule has 0 aromatic rings. The van der Waals surface area contributed by atoms with Crippen LogP contribution < -0.4 is 0 Å². The number of nitrogens with zero attached hydrogens (tertiary/aromatic N) is 2. The number of piperidine rings is 1. The second kappa shape index (κ2) is 5.17. The van der Waals surface area contributed by atoms with Crippen molar-refractivity contribution in [1.82, 2.24) is 9.80 Å². The molecule has 3 atom stereocenters. The smallest absolute Gasteiger partial charge is 0.236 e. The lowest BCUT2D eigenvalue weighted by atomic mass is 10.00. The van der Waals surface area contributed by atoms with Crippen molar-refractivity contribution in [2.75, 3.05) is 32.7 Å². The van der Waals surface area contributed by atoms with Crippen molar-refractivity contribution in [3.05, 3.63) is 0 Å². The van der Waals surface area contributed by atoms with E-state index in [4.69, 9.17) is 0 Å². The molecular weight excluding hydrogens is 228 g/mol. The number of hydrogen-bond donors (Lipinski definition) is 1. The lowest BCUT2D eigenvalue weighted by molar-refractivity contribution is -0.133. The van der Waals surface area contributed by atoms with E-state index in [-0.39, 0.29) is 6.10 Å². The largest absolute Gasteiger partial charge is 0.393 e. The number of hydrogen-bond acceptors (Lipinski definition) is 3. The van der Waals surface area contributed by atoms with Crippen LogP contribution in [0.4, 0.5) is 0 Å². The van der Waals surface area contributed by atoms with Gasteiger partial charge in [0.1, 0.15) is 0 Å². The molecule has 2 heterocycles. The molecule has 4 heteroatoms. The van der Waals surface area contributed by atoms with Crippen molar-refractivity contribution in [2.24, 2.45) is 11.8 Å². The topological polar surface area (TPSA) is 43.8 Å². The van der Waals surface area contributed by atoms with Crippen LogP contribution in [0, 0.1) is 11.8 Å². The first-order valence-corrected chi connectivity index (χ1v) is 7.42. The fraction of sp³-hybridized carbons (Fsp3) is 0.929. The van der Waals surface area contributed by atoms with Crippen LogP contribution in [0.2, 0.25) is 0 Å². The van der Waals surface area contributed by atoms with Crippen LogP contribution in [-0.2, 0) is 4.79 Å². The minimum atomic E-state index is -0.120. The van der Waals surface area contributed by atoms with Gasteiger partial charge in [0.15, 0.2) is 0 Å². The SMILES string of the molecule is O=C(CN1CC2CCC(O)C2C1)N1CCCCC1. The van der Waals surface area contributed by atoms with Crippen molar-refractivity contribution in [2.45, 2.75) is 38.2 Å². The van der Waals surface area contributed by atoms with Crippen LogP contribution in [0.5, 0.6) is 0 Å². The van der Waals surface area contributed by atoms with E-state index >= 15 is 0 Å². The molecule has 0 spiro atoms. The second-order valence-electron chi connectivity index (χ2n) is 6.20. The molecule has 1 amide bonds. The van der Waals surface area contributed by atoms with Gasteiger partial charge in [0.05, 0.1) is 12.6 Å². The quantitative estimate of drug-likeness (QED) is 0.787. The van der Waals surface area contributed by atoms with E-state index in [9.17, 15) is 9.90 Å². The maximum absolute atomic E-state index is 12.2. The van der Waals surface area contributed by atoms with Crippen molar-refractivity contribution in [1.29, 1.82) is 0 Å². The van der Waals surface area contributed by atoms with Crippen molar-refractivity contribution < 1.29 is 9.90 Å². The minimum Gasteiger partial charge on any atom is -0.393 e. The molecule has 4 nitrogen and oxygen atoms in total. The molecule has 1 saturated carbocycles. The second-order valence-corrected chi connectivity index (χ2v) is 6.20. The molecule has 102 valence electrons. The summed E-state index contributed by atoms with van der Waals surface area (Å²) in [5.41, 5.74) is 0. The number of amides is 1. The Hall–Kier alpha value is -0.610. The van der Waals surface area contributed by atoms with Gasteiger partial charge in [-0.3, -0.25) is 9.69 Å². The summed E-state index contributed by atoms with van der Waals surface area (Å²) in [6.45, 7) is 4.40. The summed E-state index contributed by atoms with van der Waals surface area (Å²) in [6, 6.07) is 0. The molecule has 0 radical (unpaired) electrons. The first-order valence-electron chi connectivity index (χ1n) is 7.42. The number of fused-ring (bicyclic) bond motifs is 1. The third kappa shape index (κ3) is 2.41. The highest BCUT2D eigenvalue weighted by atomic mass is 16.3. The van der Waals surface area contributed by atoms with Gasteiger partial charge in [-0.2, -0.15) is 0 Å². The van der Waals surface area contributed by atoms with Crippen LogP contribution in [0.1, 0.15) is 32.1 Å². The highest BCUT2D eigenvalue weighted by molar-refractivity contribution is 5.78. The summed E-state index contributed by atoms with van der Waals surface area (Å²) in [4.78, 5) is 16.5. The van der Waals surface area contributed by atoms with Crippen LogP contribution in [0.15, 0.2) is 0 Å². The third-order valence-electron chi connectivity index (χ3n) is 4.96. The Morgan fingerprint density at radius 1 is 1.11 bits per heavy atom. The van der Waals surface area contributed by atoms with Gasteiger partial charge in [-0.25, -0.2) is 0 Å². The van der Waals surface area contributed by atoms with Gasteiger partial charge >= 0.3 is 0 Å². The van der Waals surface area contributed by atoms with E-state index in [0.717, 1.165) is 51.9 Å². The zero-order valence-corrected chi connectivity index (χ0v) is 11.1. The lowest BCUT2D eigenvalue weighted by Crippen LogP contribution is -2.42. The van der Waals surface area contributed by atoms with Crippen molar-refractivity contribution in [3.63, 3.8) is 0 Å². The Labute approximate surface area is 109 Å². The van der Waals surface area contributed by atoms with E-state index in [1.807, 2.05) is 4.90 Å². The van der Waals surface area contributed by atoms with Crippen LogP contribution >= 0.6 is 0 Å². The van der Waals surface area contributed by atoms with E-state index in [0.29, 0.717) is 24.3 Å². The standard InChI is InChI=1S/C14H24N2O2/c17-13-5-4-11-8-15(9-12(11)13)10-14(18)16-6-2-1-3-7-16/h11-13,17H,1-10H2. The van der Waals surface area contributed by atoms with Crippen molar-refractivity contribution >= 4 is 5.91 Å². The highest BCUT2D eigenvalue weighted by Crippen LogP contribution is 2.37. The van der Waals surface area contributed by atoms with Gasteiger partial charge in [-0.1, -0.05) is 0 Å². The van der Waals surface area contributed by atoms with Crippen LogP contribution in [0.3, 0.4) is 0 Å². The van der Waals surface area contributed by atoms with Crippen molar-refractivity contribution in [3.8, 4) is 0 Å². The monoisotopic (exact) mass is 252 g/mol. The Morgan fingerprint density at radius 3 is 2.61 bits per heavy atom. The van der Waals surface area contributed by atoms with Crippen LogP contribution in [0.25, 0.3) is 0 Å². The Morgan fingerprint density at radius 2 is 1.89 bits per heavy atom. The molecule has 3 aliphatic rings. The fourth-order valence-corrected chi connectivity index (χ4v) is 3.89. The zero-order valence-electron chi connectivity index (χ0n) is 11.1. The molecule has 2 saturated heterocycles. The molecule has 1 N–H and O–H groups in total. The first-order chi connectivity index (χ1) is 8.74. The maximum Gasteiger partial charge on any atom is 0.236 e. The molecule has 0 aromatic carbocycles. The van der Waals surface area contributed by atoms with E-state index in [1.54, 1.807) is 0 Å². The Bertz CT molecular complexity index is 315. The zero-order chi connectivity index (χ0) is 12.5. The van der Waals surface area contributed by atoms with Gasteiger partial charge in [0.25, 0.3) is 0 Å². The molecule has 1 aliphatic carbocycles.